The number of nitrogens with zero attached hydrogens (tertiary/aromatic N) is 3. The summed E-state index contributed by atoms with van der Waals surface area (Å²) in [5.41, 5.74) is 0.298. The van der Waals surface area contributed by atoms with Gasteiger partial charge >= 0.3 is 12.2 Å². The number of hydrogen-bond acceptors (Lipinski definition) is 7. The first-order valence-electron chi connectivity index (χ1n) is 9.64. The van der Waals surface area contributed by atoms with E-state index < -0.39 is 17.8 Å². The lowest BCUT2D eigenvalue weighted by atomic mass is 10.2. The van der Waals surface area contributed by atoms with E-state index in [1.807, 2.05) is 25.1 Å². The van der Waals surface area contributed by atoms with Gasteiger partial charge in [0.25, 0.3) is 0 Å². The van der Waals surface area contributed by atoms with Crippen molar-refractivity contribution in [3.63, 3.8) is 0 Å². The third kappa shape index (κ3) is 5.28. The Labute approximate surface area is 176 Å². The van der Waals surface area contributed by atoms with Gasteiger partial charge in [0.2, 0.25) is 5.95 Å². The maximum absolute atomic E-state index is 13.0. The average Bonchev–Trinajstić information content (AvgIpc) is 2.75. The maximum atomic E-state index is 13.0. The first-order chi connectivity index (χ1) is 14.9. The number of halogens is 3. The Hall–Kier alpha value is -3.24. The van der Waals surface area contributed by atoms with Crippen LogP contribution in [0.25, 0.3) is 0 Å². The Bertz CT molecular complexity index is 1060. The first kappa shape index (κ1) is 21.0. The van der Waals surface area contributed by atoms with E-state index in [9.17, 15) is 13.2 Å². The van der Waals surface area contributed by atoms with E-state index in [-0.39, 0.29) is 17.6 Å². The fourth-order valence-electron chi connectivity index (χ4n) is 3.02. The van der Waals surface area contributed by atoms with Crippen molar-refractivity contribution in [2.24, 2.45) is 0 Å². The third-order valence-corrected chi connectivity index (χ3v) is 4.59. The van der Waals surface area contributed by atoms with Gasteiger partial charge in [-0.05, 0) is 36.8 Å². The second-order valence-electron chi connectivity index (χ2n) is 6.93. The largest absolute Gasteiger partial charge is 0.424 e. The van der Waals surface area contributed by atoms with Gasteiger partial charge in [-0.1, -0.05) is 24.3 Å². The molecule has 1 fully saturated rings. The Morgan fingerprint density at radius 3 is 2.68 bits per heavy atom. The van der Waals surface area contributed by atoms with Crippen LogP contribution >= 0.6 is 0 Å². The van der Waals surface area contributed by atoms with Crippen LogP contribution in [0, 0.1) is 6.92 Å². The zero-order chi connectivity index (χ0) is 21.8. The van der Waals surface area contributed by atoms with Gasteiger partial charge in [0.15, 0.2) is 5.82 Å². The highest BCUT2D eigenvalue weighted by molar-refractivity contribution is 5.55. The van der Waals surface area contributed by atoms with Gasteiger partial charge in [-0.25, -0.2) is 0 Å². The number of benzene rings is 2. The van der Waals surface area contributed by atoms with Crippen molar-refractivity contribution in [1.29, 1.82) is 0 Å². The lowest BCUT2D eigenvalue weighted by molar-refractivity contribution is -0.137. The number of anilines is 2. The molecule has 1 aliphatic rings. The maximum Gasteiger partial charge on any atom is 0.416 e. The van der Waals surface area contributed by atoms with Gasteiger partial charge in [0, 0.05) is 18.8 Å². The number of para-hydroxylation sites is 1. The van der Waals surface area contributed by atoms with Crippen LogP contribution in [0.3, 0.4) is 0 Å². The van der Waals surface area contributed by atoms with Crippen LogP contribution in [0.2, 0.25) is 0 Å². The van der Waals surface area contributed by atoms with E-state index in [0.29, 0.717) is 31.3 Å². The van der Waals surface area contributed by atoms with Crippen molar-refractivity contribution >= 4 is 11.6 Å². The summed E-state index contributed by atoms with van der Waals surface area (Å²) in [5.74, 6) is 0.940. The molecule has 1 unspecified atom stereocenters. The lowest BCUT2D eigenvalue weighted by Crippen LogP contribution is -2.34. The Morgan fingerprint density at radius 2 is 1.94 bits per heavy atom. The predicted molar refractivity (Wildman–Crippen MR) is 107 cm³/mol. The number of aryl methyl sites for hydroxylation is 1. The summed E-state index contributed by atoms with van der Waals surface area (Å²) in [6, 6.07) is 12.2. The topological polar surface area (TPSA) is 81.2 Å². The Kier molecular flexibility index (Phi) is 6.01. The molecular formula is C21H20F3N5O2. The van der Waals surface area contributed by atoms with E-state index in [0.717, 1.165) is 17.7 Å². The number of aromatic nitrogens is 3. The zero-order valence-electron chi connectivity index (χ0n) is 16.6. The van der Waals surface area contributed by atoms with Crippen LogP contribution in [0.4, 0.5) is 24.8 Å². The Balaban J connectivity index is 1.67. The van der Waals surface area contributed by atoms with E-state index in [1.165, 1.54) is 12.1 Å². The molecule has 0 bridgehead atoms. The molecule has 1 atom stereocenters. The van der Waals surface area contributed by atoms with Gasteiger partial charge < -0.3 is 20.1 Å². The molecule has 1 aliphatic heterocycles. The minimum atomic E-state index is -4.46. The summed E-state index contributed by atoms with van der Waals surface area (Å²) in [6.45, 7) is 3.58. The van der Waals surface area contributed by atoms with Crippen molar-refractivity contribution < 1.29 is 22.6 Å². The standard InChI is InChI=1S/C21H20F3N5O2/c1-13-5-2-3-8-16(13)31-20-28-18(17-12-25-9-10-30-17)27-19(29-20)26-15-7-4-6-14(11-15)21(22,23)24/h2-8,11,17,25H,9-10,12H2,1H3,(H,26,27,28,29). The van der Waals surface area contributed by atoms with Crippen molar-refractivity contribution in [1.82, 2.24) is 20.3 Å². The minimum absolute atomic E-state index is 0.0166. The molecule has 4 rings (SSSR count). The lowest BCUT2D eigenvalue weighted by Gasteiger charge is -2.22. The molecule has 0 amide bonds. The molecule has 1 saturated heterocycles. The number of nitrogens with one attached hydrogen (secondary N) is 2. The molecule has 0 radical (unpaired) electrons. The fraction of sp³-hybridized carbons (Fsp3) is 0.286. The molecule has 31 heavy (non-hydrogen) atoms. The number of ether oxygens (including phenoxy) is 2. The molecule has 2 heterocycles. The summed E-state index contributed by atoms with van der Waals surface area (Å²) in [7, 11) is 0. The van der Waals surface area contributed by atoms with E-state index in [4.69, 9.17) is 9.47 Å². The smallest absolute Gasteiger partial charge is 0.416 e. The van der Waals surface area contributed by atoms with Crippen LogP contribution in [0.1, 0.15) is 23.1 Å². The molecule has 7 nitrogen and oxygen atoms in total. The van der Waals surface area contributed by atoms with Crippen LogP contribution < -0.4 is 15.4 Å². The molecule has 10 heteroatoms. The number of rotatable bonds is 5. The zero-order valence-corrected chi connectivity index (χ0v) is 16.6. The predicted octanol–water partition coefficient (Wildman–Crippen LogP) is 4.40. The van der Waals surface area contributed by atoms with Crippen molar-refractivity contribution in [3.05, 3.63) is 65.5 Å². The van der Waals surface area contributed by atoms with Crippen LogP contribution in [0.5, 0.6) is 11.8 Å². The highest BCUT2D eigenvalue weighted by Crippen LogP contribution is 2.31. The molecule has 2 N–H and O–H groups in total. The fourth-order valence-corrected chi connectivity index (χ4v) is 3.02. The molecule has 0 saturated carbocycles. The quantitative estimate of drug-likeness (QED) is 0.620. The van der Waals surface area contributed by atoms with E-state index in [2.05, 4.69) is 25.6 Å². The van der Waals surface area contributed by atoms with E-state index in [1.54, 1.807) is 6.07 Å². The Morgan fingerprint density at radius 1 is 1.10 bits per heavy atom. The van der Waals surface area contributed by atoms with Gasteiger partial charge in [-0.15, -0.1) is 0 Å². The summed E-state index contributed by atoms with van der Waals surface area (Å²) in [6.07, 6.45) is -4.89. The summed E-state index contributed by atoms with van der Waals surface area (Å²) < 4.78 is 50.7. The minimum Gasteiger partial charge on any atom is -0.424 e. The molecule has 0 spiro atoms. The summed E-state index contributed by atoms with van der Waals surface area (Å²) in [4.78, 5) is 13.0. The van der Waals surface area contributed by atoms with Crippen molar-refractivity contribution in [3.8, 4) is 11.8 Å². The third-order valence-electron chi connectivity index (χ3n) is 4.59. The van der Waals surface area contributed by atoms with Gasteiger partial charge in [0.05, 0.1) is 12.2 Å². The van der Waals surface area contributed by atoms with Gasteiger partial charge in [0.1, 0.15) is 11.9 Å². The van der Waals surface area contributed by atoms with Gasteiger partial charge in [-0.2, -0.15) is 28.1 Å². The van der Waals surface area contributed by atoms with Crippen molar-refractivity contribution in [2.45, 2.75) is 19.2 Å². The molecule has 3 aromatic rings. The van der Waals surface area contributed by atoms with Crippen LogP contribution in [0.15, 0.2) is 48.5 Å². The monoisotopic (exact) mass is 431 g/mol. The van der Waals surface area contributed by atoms with Crippen LogP contribution in [-0.4, -0.2) is 34.6 Å². The second kappa shape index (κ2) is 8.86. The average molecular weight is 431 g/mol. The highest BCUT2D eigenvalue weighted by Gasteiger charge is 2.30. The summed E-state index contributed by atoms with van der Waals surface area (Å²) >= 11 is 0. The van der Waals surface area contributed by atoms with Crippen LogP contribution in [-0.2, 0) is 10.9 Å². The SMILES string of the molecule is Cc1ccccc1Oc1nc(Nc2cccc(C(F)(F)F)c2)nc(C2CNCCO2)n1. The molecule has 162 valence electrons. The van der Waals surface area contributed by atoms with Crippen molar-refractivity contribution in [2.75, 3.05) is 25.0 Å². The molecule has 2 aromatic carbocycles. The van der Waals surface area contributed by atoms with Gasteiger partial charge in [-0.3, -0.25) is 0 Å². The molecular weight excluding hydrogens is 411 g/mol. The number of morpholine rings is 1. The highest BCUT2D eigenvalue weighted by atomic mass is 19.4. The molecule has 0 aliphatic carbocycles. The first-order valence-corrected chi connectivity index (χ1v) is 9.64. The second-order valence-corrected chi connectivity index (χ2v) is 6.93. The number of alkyl halides is 3. The van der Waals surface area contributed by atoms with E-state index >= 15 is 0 Å². The summed E-state index contributed by atoms with van der Waals surface area (Å²) in [5, 5.41) is 6.01. The molecule has 1 aromatic heterocycles. The number of hydrogen-bond donors (Lipinski definition) is 2. The normalized spacial score (nSPS) is 16.7.